The molecule has 20 heavy (non-hydrogen) atoms. The van der Waals surface area contributed by atoms with E-state index in [1.165, 1.54) is 5.56 Å². The van der Waals surface area contributed by atoms with Crippen LogP contribution in [0.4, 0.5) is 5.69 Å². The van der Waals surface area contributed by atoms with E-state index in [9.17, 15) is 4.79 Å². The van der Waals surface area contributed by atoms with Gasteiger partial charge in [-0.05, 0) is 43.9 Å². The molecule has 0 spiro atoms. The molecule has 1 amide bonds. The Morgan fingerprint density at radius 3 is 3.05 bits per heavy atom. The lowest BCUT2D eigenvalue weighted by atomic mass is 9.95. The fourth-order valence-corrected chi connectivity index (χ4v) is 3.28. The van der Waals surface area contributed by atoms with Gasteiger partial charge in [0.25, 0.3) is 0 Å². The standard InChI is InChI=1S/C16H22N2O2/c1-20-14-8-2-5-12-7-4-10-18(15(12)14)16(19)13-6-3-9-17-11-13/h2,5,8,13,17H,3-4,6-7,9-11H2,1H3/t13-/m0/s1. The lowest BCUT2D eigenvalue weighted by Crippen LogP contribution is -2.45. The quantitative estimate of drug-likeness (QED) is 0.896. The molecule has 0 radical (unpaired) electrons. The van der Waals surface area contributed by atoms with Gasteiger partial charge in [-0.25, -0.2) is 0 Å². The molecule has 4 nitrogen and oxygen atoms in total. The number of anilines is 1. The van der Waals surface area contributed by atoms with Gasteiger partial charge in [0.2, 0.25) is 5.91 Å². The first-order chi connectivity index (χ1) is 9.81. The maximum atomic E-state index is 12.8. The van der Waals surface area contributed by atoms with E-state index < -0.39 is 0 Å². The van der Waals surface area contributed by atoms with E-state index >= 15 is 0 Å². The number of hydrogen-bond donors (Lipinski definition) is 1. The Labute approximate surface area is 120 Å². The van der Waals surface area contributed by atoms with Gasteiger partial charge in [0.15, 0.2) is 0 Å². The van der Waals surface area contributed by atoms with Crippen LogP contribution in [-0.2, 0) is 11.2 Å². The Morgan fingerprint density at radius 1 is 1.40 bits per heavy atom. The monoisotopic (exact) mass is 274 g/mol. The SMILES string of the molecule is COc1cccc2c1N(C(=O)[C@H]1CCCNC1)CCC2. The molecular formula is C16H22N2O2. The summed E-state index contributed by atoms with van der Waals surface area (Å²) in [5.74, 6) is 1.18. The van der Waals surface area contributed by atoms with Crippen molar-refractivity contribution in [1.29, 1.82) is 0 Å². The van der Waals surface area contributed by atoms with Crippen molar-refractivity contribution in [3.05, 3.63) is 23.8 Å². The number of nitrogens with one attached hydrogen (secondary N) is 1. The number of piperidine rings is 1. The second-order valence-corrected chi connectivity index (χ2v) is 5.60. The van der Waals surface area contributed by atoms with Crippen molar-refractivity contribution in [3.8, 4) is 5.75 Å². The summed E-state index contributed by atoms with van der Waals surface area (Å²) in [6, 6.07) is 6.06. The number of benzene rings is 1. The van der Waals surface area contributed by atoms with Gasteiger partial charge in [-0.3, -0.25) is 4.79 Å². The molecule has 1 fully saturated rings. The van der Waals surface area contributed by atoms with Crippen molar-refractivity contribution >= 4 is 11.6 Å². The molecule has 1 N–H and O–H groups in total. The first kappa shape index (κ1) is 13.4. The number of ether oxygens (including phenoxy) is 1. The van der Waals surface area contributed by atoms with Crippen LogP contribution in [0.25, 0.3) is 0 Å². The summed E-state index contributed by atoms with van der Waals surface area (Å²) in [6.07, 6.45) is 4.14. The number of methoxy groups -OCH3 is 1. The zero-order chi connectivity index (χ0) is 13.9. The van der Waals surface area contributed by atoms with Crippen molar-refractivity contribution < 1.29 is 9.53 Å². The first-order valence-corrected chi connectivity index (χ1v) is 7.49. The molecule has 2 aliphatic heterocycles. The van der Waals surface area contributed by atoms with Gasteiger partial charge in [-0.2, -0.15) is 0 Å². The number of carbonyl (C=O) groups is 1. The van der Waals surface area contributed by atoms with Crippen LogP contribution in [0.15, 0.2) is 18.2 Å². The number of nitrogens with zero attached hydrogens (tertiary/aromatic N) is 1. The molecule has 0 aliphatic carbocycles. The molecule has 1 aromatic carbocycles. The maximum Gasteiger partial charge on any atom is 0.231 e. The van der Waals surface area contributed by atoms with Crippen LogP contribution >= 0.6 is 0 Å². The molecule has 1 aromatic rings. The van der Waals surface area contributed by atoms with Gasteiger partial charge in [0.05, 0.1) is 18.7 Å². The van der Waals surface area contributed by atoms with Gasteiger partial charge in [-0.1, -0.05) is 12.1 Å². The van der Waals surface area contributed by atoms with Gasteiger partial charge < -0.3 is 15.0 Å². The molecule has 1 saturated heterocycles. The number of hydrogen-bond acceptors (Lipinski definition) is 3. The highest BCUT2D eigenvalue weighted by Crippen LogP contribution is 2.37. The van der Waals surface area contributed by atoms with Crippen LogP contribution in [0.2, 0.25) is 0 Å². The fourth-order valence-electron chi connectivity index (χ4n) is 3.28. The Morgan fingerprint density at radius 2 is 2.30 bits per heavy atom. The van der Waals surface area contributed by atoms with E-state index in [0.29, 0.717) is 0 Å². The largest absolute Gasteiger partial charge is 0.495 e. The minimum absolute atomic E-state index is 0.111. The molecule has 0 bridgehead atoms. The van der Waals surface area contributed by atoms with Crippen molar-refractivity contribution in [2.24, 2.45) is 5.92 Å². The lowest BCUT2D eigenvalue weighted by molar-refractivity contribution is -0.123. The Balaban J connectivity index is 1.90. The summed E-state index contributed by atoms with van der Waals surface area (Å²) >= 11 is 0. The van der Waals surface area contributed by atoms with Crippen LogP contribution in [0.5, 0.6) is 5.75 Å². The normalized spacial score (nSPS) is 22.2. The zero-order valence-corrected chi connectivity index (χ0v) is 12.0. The zero-order valence-electron chi connectivity index (χ0n) is 12.0. The summed E-state index contributed by atoms with van der Waals surface area (Å²) in [7, 11) is 1.68. The smallest absolute Gasteiger partial charge is 0.231 e. The Bertz CT molecular complexity index is 481. The molecule has 0 aromatic heterocycles. The molecule has 4 heteroatoms. The number of aryl methyl sites for hydroxylation is 1. The number of fused-ring (bicyclic) bond motifs is 1. The van der Waals surface area contributed by atoms with Crippen LogP contribution < -0.4 is 15.0 Å². The van der Waals surface area contributed by atoms with Crippen LogP contribution in [0.3, 0.4) is 0 Å². The van der Waals surface area contributed by atoms with Crippen molar-refractivity contribution in [2.45, 2.75) is 25.7 Å². The second kappa shape index (κ2) is 5.83. The Hall–Kier alpha value is -1.55. The van der Waals surface area contributed by atoms with Gasteiger partial charge in [0, 0.05) is 13.1 Å². The summed E-state index contributed by atoms with van der Waals surface area (Å²) in [5.41, 5.74) is 2.23. The average molecular weight is 274 g/mol. The van der Waals surface area contributed by atoms with Crippen molar-refractivity contribution in [3.63, 3.8) is 0 Å². The minimum Gasteiger partial charge on any atom is -0.495 e. The molecule has 0 saturated carbocycles. The number of para-hydroxylation sites is 1. The molecule has 2 heterocycles. The predicted octanol–water partition coefficient (Wildman–Crippen LogP) is 1.97. The van der Waals surface area contributed by atoms with Crippen LogP contribution in [0, 0.1) is 5.92 Å². The van der Waals surface area contributed by atoms with Crippen LogP contribution in [-0.4, -0.2) is 32.7 Å². The lowest BCUT2D eigenvalue weighted by Gasteiger charge is -2.34. The molecule has 0 unspecified atom stereocenters. The third-order valence-corrected chi connectivity index (χ3v) is 4.31. The topological polar surface area (TPSA) is 41.6 Å². The fraction of sp³-hybridized carbons (Fsp3) is 0.562. The van der Waals surface area contributed by atoms with E-state index in [0.717, 1.165) is 56.8 Å². The van der Waals surface area contributed by atoms with E-state index in [-0.39, 0.29) is 11.8 Å². The van der Waals surface area contributed by atoms with Gasteiger partial charge in [-0.15, -0.1) is 0 Å². The summed E-state index contributed by atoms with van der Waals surface area (Å²) in [4.78, 5) is 14.8. The molecule has 3 rings (SSSR count). The number of rotatable bonds is 2. The van der Waals surface area contributed by atoms with Crippen molar-refractivity contribution in [1.82, 2.24) is 5.32 Å². The second-order valence-electron chi connectivity index (χ2n) is 5.60. The number of carbonyl (C=O) groups excluding carboxylic acids is 1. The highest BCUT2D eigenvalue weighted by Gasteiger charge is 2.31. The van der Waals surface area contributed by atoms with Gasteiger partial charge in [0.1, 0.15) is 5.75 Å². The predicted molar refractivity (Wildman–Crippen MR) is 79.3 cm³/mol. The molecule has 1 atom stereocenters. The van der Waals surface area contributed by atoms with E-state index in [1.54, 1.807) is 7.11 Å². The van der Waals surface area contributed by atoms with Gasteiger partial charge >= 0.3 is 0 Å². The van der Waals surface area contributed by atoms with E-state index in [1.807, 2.05) is 17.0 Å². The molecule has 2 aliphatic rings. The van der Waals surface area contributed by atoms with E-state index in [2.05, 4.69) is 11.4 Å². The summed E-state index contributed by atoms with van der Waals surface area (Å²) in [6.45, 7) is 2.65. The summed E-state index contributed by atoms with van der Waals surface area (Å²) < 4.78 is 5.47. The van der Waals surface area contributed by atoms with Crippen molar-refractivity contribution in [2.75, 3.05) is 31.6 Å². The average Bonchev–Trinajstić information content (AvgIpc) is 2.53. The third-order valence-electron chi connectivity index (χ3n) is 4.31. The molecular weight excluding hydrogens is 252 g/mol. The number of amides is 1. The highest BCUT2D eigenvalue weighted by molar-refractivity contribution is 5.98. The minimum atomic E-state index is 0.111. The van der Waals surface area contributed by atoms with E-state index in [4.69, 9.17) is 4.74 Å². The summed E-state index contributed by atoms with van der Waals surface area (Å²) in [5, 5.41) is 3.33. The first-order valence-electron chi connectivity index (χ1n) is 7.49. The third kappa shape index (κ3) is 2.40. The Kier molecular flexibility index (Phi) is 3.92. The maximum absolute atomic E-state index is 12.8. The highest BCUT2D eigenvalue weighted by atomic mass is 16.5. The molecule has 108 valence electrons. The van der Waals surface area contributed by atoms with Crippen LogP contribution in [0.1, 0.15) is 24.8 Å².